The SMILES string of the molecule is Cc1c(Br)cccc1-n1c(CCl)nc2cc(I)ccc21. The first-order chi connectivity index (χ1) is 9.61. The Labute approximate surface area is 144 Å². The second-order valence-corrected chi connectivity index (χ2v) is 6.88. The molecule has 0 aliphatic rings. The van der Waals surface area contributed by atoms with Gasteiger partial charge in [0.1, 0.15) is 5.82 Å². The molecule has 0 amide bonds. The molecule has 1 aromatic heterocycles. The van der Waals surface area contributed by atoms with Gasteiger partial charge in [-0.05, 0) is 65.4 Å². The lowest BCUT2D eigenvalue weighted by molar-refractivity contribution is 0.971. The summed E-state index contributed by atoms with van der Waals surface area (Å²) in [6.45, 7) is 2.09. The summed E-state index contributed by atoms with van der Waals surface area (Å²) >= 11 is 12.0. The quantitative estimate of drug-likeness (QED) is 0.367. The molecule has 0 atom stereocenters. The molecule has 0 fully saturated rings. The van der Waals surface area contributed by atoms with E-state index in [2.05, 4.69) is 79.3 Å². The molecule has 20 heavy (non-hydrogen) atoms. The van der Waals surface area contributed by atoms with Gasteiger partial charge in [-0.25, -0.2) is 4.98 Å². The van der Waals surface area contributed by atoms with E-state index in [0.717, 1.165) is 27.0 Å². The standard InChI is InChI=1S/C15H11BrClIN2/c1-9-11(16)3-2-4-13(9)20-14-6-5-10(18)7-12(14)19-15(20)8-17/h2-7H,8H2,1H3. The van der Waals surface area contributed by atoms with Crippen molar-refractivity contribution in [1.82, 2.24) is 9.55 Å². The van der Waals surface area contributed by atoms with Crippen molar-refractivity contribution in [1.29, 1.82) is 0 Å². The average molecular weight is 462 g/mol. The normalized spacial score (nSPS) is 11.2. The Morgan fingerprint density at radius 1 is 1.30 bits per heavy atom. The van der Waals surface area contributed by atoms with Crippen LogP contribution in [-0.2, 0) is 5.88 Å². The van der Waals surface area contributed by atoms with Crippen LogP contribution < -0.4 is 0 Å². The maximum atomic E-state index is 6.09. The van der Waals surface area contributed by atoms with E-state index in [-0.39, 0.29) is 0 Å². The van der Waals surface area contributed by atoms with E-state index >= 15 is 0 Å². The number of benzene rings is 2. The van der Waals surface area contributed by atoms with Crippen LogP contribution in [0, 0.1) is 10.5 Å². The number of hydrogen-bond donors (Lipinski definition) is 0. The summed E-state index contributed by atoms with van der Waals surface area (Å²) in [5.41, 5.74) is 4.35. The molecule has 1 heterocycles. The van der Waals surface area contributed by atoms with Crippen LogP contribution in [0.15, 0.2) is 40.9 Å². The molecule has 0 radical (unpaired) electrons. The smallest absolute Gasteiger partial charge is 0.129 e. The van der Waals surface area contributed by atoms with Crippen molar-refractivity contribution in [3.8, 4) is 5.69 Å². The van der Waals surface area contributed by atoms with Crippen molar-refractivity contribution in [3.05, 3.63) is 55.8 Å². The summed E-state index contributed by atoms with van der Waals surface area (Å²) in [6, 6.07) is 12.4. The zero-order chi connectivity index (χ0) is 14.3. The molecule has 0 bridgehead atoms. The predicted octanol–water partition coefficient (Wildman–Crippen LogP) is 5.44. The van der Waals surface area contributed by atoms with E-state index in [1.165, 1.54) is 9.13 Å². The molecule has 0 aliphatic carbocycles. The highest BCUT2D eigenvalue weighted by Gasteiger charge is 2.14. The summed E-state index contributed by atoms with van der Waals surface area (Å²) in [6.07, 6.45) is 0. The monoisotopic (exact) mass is 460 g/mol. The number of rotatable bonds is 2. The number of fused-ring (bicyclic) bond motifs is 1. The Balaban J connectivity index is 2.37. The van der Waals surface area contributed by atoms with Crippen LogP contribution in [0.25, 0.3) is 16.7 Å². The van der Waals surface area contributed by atoms with E-state index in [1.807, 2.05) is 12.1 Å². The molecule has 102 valence electrons. The van der Waals surface area contributed by atoms with Gasteiger partial charge in [0.05, 0.1) is 22.6 Å². The number of halogens is 3. The fraction of sp³-hybridized carbons (Fsp3) is 0.133. The minimum Gasteiger partial charge on any atom is -0.295 e. The largest absolute Gasteiger partial charge is 0.295 e. The van der Waals surface area contributed by atoms with Gasteiger partial charge in [-0.15, -0.1) is 11.6 Å². The van der Waals surface area contributed by atoms with Crippen LogP contribution in [0.5, 0.6) is 0 Å². The zero-order valence-corrected chi connectivity index (χ0v) is 15.2. The maximum absolute atomic E-state index is 6.09. The van der Waals surface area contributed by atoms with Crippen molar-refractivity contribution in [2.24, 2.45) is 0 Å². The predicted molar refractivity (Wildman–Crippen MR) is 95.8 cm³/mol. The topological polar surface area (TPSA) is 17.8 Å². The fourth-order valence-corrected chi connectivity index (χ4v) is 3.31. The lowest BCUT2D eigenvalue weighted by Gasteiger charge is -2.12. The molecule has 0 unspecified atom stereocenters. The van der Waals surface area contributed by atoms with Crippen molar-refractivity contribution in [2.45, 2.75) is 12.8 Å². The number of imidazole rings is 1. The van der Waals surface area contributed by atoms with Gasteiger partial charge in [-0.2, -0.15) is 0 Å². The maximum Gasteiger partial charge on any atom is 0.129 e. The average Bonchev–Trinajstić information content (AvgIpc) is 2.79. The fourth-order valence-electron chi connectivity index (χ4n) is 2.30. The molecule has 5 heteroatoms. The molecule has 0 saturated carbocycles. The Morgan fingerprint density at radius 3 is 2.85 bits per heavy atom. The number of aromatic nitrogens is 2. The Morgan fingerprint density at radius 2 is 2.10 bits per heavy atom. The van der Waals surface area contributed by atoms with Gasteiger partial charge < -0.3 is 0 Å². The van der Waals surface area contributed by atoms with Gasteiger partial charge in [0.2, 0.25) is 0 Å². The molecule has 2 aromatic carbocycles. The highest BCUT2D eigenvalue weighted by Crippen LogP contribution is 2.29. The third-order valence-corrected chi connectivity index (χ3v) is 5.05. The van der Waals surface area contributed by atoms with Crippen LogP contribution in [0.1, 0.15) is 11.4 Å². The number of alkyl halides is 1. The van der Waals surface area contributed by atoms with E-state index in [9.17, 15) is 0 Å². The molecule has 0 aliphatic heterocycles. The summed E-state index contributed by atoms with van der Waals surface area (Å²) in [5.74, 6) is 1.25. The number of hydrogen-bond acceptors (Lipinski definition) is 1. The van der Waals surface area contributed by atoms with Crippen LogP contribution in [0.4, 0.5) is 0 Å². The van der Waals surface area contributed by atoms with Crippen LogP contribution in [0.2, 0.25) is 0 Å². The van der Waals surface area contributed by atoms with Crippen LogP contribution in [-0.4, -0.2) is 9.55 Å². The van der Waals surface area contributed by atoms with Gasteiger partial charge in [-0.1, -0.05) is 22.0 Å². The molecule has 0 spiro atoms. The molecule has 0 N–H and O–H groups in total. The molecular formula is C15H11BrClIN2. The van der Waals surface area contributed by atoms with Crippen molar-refractivity contribution >= 4 is 61.2 Å². The van der Waals surface area contributed by atoms with Gasteiger partial charge in [0.15, 0.2) is 0 Å². The Bertz CT molecular complexity index is 798. The van der Waals surface area contributed by atoms with Gasteiger partial charge in [-0.3, -0.25) is 4.57 Å². The highest BCUT2D eigenvalue weighted by molar-refractivity contribution is 14.1. The van der Waals surface area contributed by atoms with Crippen molar-refractivity contribution in [3.63, 3.8) is 0 Å². The molecule has 0 saturated heterocycles. The van der Waals surface area contributed by atoms with Gasteiger partial charge >= 0.3 is 0 Å². The van der Waals surface area contributed by atoms with E-state index in [1.54, 1.807) is 0 Å². The summed E-state index contributed by atoms with van der Waals surface area (Å²) < 4.78 is 4.40. The summed E-state index contributed by atoms with van der Waals surface area (Å²) in [7, 11) is 0. The first kappa shape index (κ1) is 14.4. The first-order valence-corrected chi connectivity index (χ1v) is 8.51. The second kappa shape index (κ2) is 5.66. The summed E-state index contributed by atoms with van der Waals surface area (Å²) in [5, 5.41) is 0. The van der Waals surface area contributed by atoms with Crippen molar-refractivity contribution in [2.75, 3.05) is 0 Å². The third kappa shape index (κ3) is 2.38. The van der Waals surface area contributed by atoms with Crippen molar-refractivity contribution < 1.29 is 0 Å². The molecular weight excluding hydrogens is 450 g/mol. The lowest BCUT2D eigenvalue weighted by Crippen LogP contribution is -2.01. The second-order valence-electron chi connectivity index (χ2n) is 4.51. The Hall–Kier alpha value is -0.590. The zero-order valence-electron chi connectivity index (χ0n) is 10.7. The van der Waals surface area contributed by atoms with Gasteiger partial charge in [0, 0.05) is 8.04 Å². The molecule has 3 rings (SSSR count). The Kier molecular flexibility index (Phi) is 4.06. The first-order valence-electron chi connectivity index (χ1n) is 6.10. The van der Waals surface area contributed by atoms with Crippen LogP contribution >= 0.6 is 50.1 Å². The lowest BCUT2D eigenvalue weighted by atomic mass is 10.2. The minimum atomic E-state index is 0.386. The van der Waals surface area contributed by atoms with E-state index in [4.69, 9.17) is 11.6 Å². The minimum absolute atomic E-state index is 0.386. The van der Waals surface area contributed by atoms with Gasteiger partial charge in [0.25, 0.3) is 0 Å². The third-order valence-electron chi connectivity index (χ3n) is 3.29. The van der Waals surface area contributed by atoms with Crippen LogP contribution in [0.3, 0.4) is 0 Å². The summed E-state index contributed by atoms with van der Waals surface area (Å²) in [4.78, 5) is 4.65. The van der Waals surface area contributed by atoms with E-state index < -0.39 is 0 Å². The van der Waals surface area contributed by atoms with E-state index in [0.29, 0.717) is 5.88 Å². The molecule has 2 nitrogen and oxygen atoms in total. The molecule has 3 aromatic rings. The number of nitrogens with zero attached hydrogens (tertiary/aromatic N) is 2. The highest BCUT2D eigenvalue weighted by atomic mass is 127.